The van der Waals surface area contributed by atoms with E-state index in [1.165, 1.54) is 6.08 Å². The fourth-order valence-electron chi connectivity index (χ4n) is 2.97. The maximum Gasteiger partial charge on any atom is 0.327 e. The van der Waals surface area contributed by atoms with Crippen molar-refractivity contribution in [2.45, 2.75) is 45.0 Å². The maximum atomic E-state index is 10.5. The minimum Gasteiger partial charge on any atom is -0.496 e. The van der Waals surface area contributed by atoms with E-state index in [2.05, 4.69) is 0 Å². The van der Waals surface area contributed by atoms with Crippen molar-refractivity contribution in [3.05, 3.63) is 42.0 Å². The van der Waals surface area contributed by atoms with Crippen molar-refractivity contribution in [2.24, 2.45) is 5.92 Å². The topological polar surface area (TPSA) is 65.0 Å². The molecule has 5 nitrogen and oxygen atoms in total. The summed E-state index contributed by atoms with van der Waals surface area (Å²) in [4.78, 5) is 10.5. The highest BCUT2D eigenvalue weighted by Gasteiger charge is 2.38. The molecule has 1 aromatic rings. The Labute approximate surface area is 143 Å². The lowest BCUT2D eigenvalue weighted by Gasteiger charge is -2.41. The van der Waals surface area contributed by atoms with Gasteiger partial charge in [-0.2, -0.15) is 0 Å². The third kappa shape index (κ3) is 5.08. The molecule has 0 unspecified atom stereocenters. The Balaban J connectivity index is 2.08. The first-order chi connectivity index (χ1) is 11.4. The average molecular weight is 334 g/mol. The highest BCUT2D eigenvalue weighted by molar-refractivity contribution is 5.79. The van der Waals surface area contributed by atoms with Crippen LogP contribution in [0.4, 0.5) is 0 Å². The Kier molecular flexibility index (Phi) is 6.40. The van der Waals surface area contributed by atoms with Crippen LogP contribution >= 0.6 is 0 Å². The molecule has 0 spiro atoms. The van der Waals surface area contributed by atoms with E-state index in [4.69, 9.17) is 19.3 Å². The summed E-state index contributed by atoms with van der Waals surface area (Å²) in [6.07, 6.45) is 5.28. The third-order valence-electron chi connectivity index (χ3n) is 4.14. The van der Waals surface area contributed by atoms with Gasteiger partial charge in [0, 0.05) is 17.6 Å². The largest absolute Gasteiger partial charge is 0.496 e. The quantitative estimate of drug-likeness (QED) is 0.604. The number of carboxylic acids is 1. The van der Waals surface area contributed by atoms with E-state index < -0.39 is 11.8 Å². The molecule has 0 amide bonds. The fourth-order valence-corrected chi connectivity index (χ4v) is 2.97. The number of benzene rings is 1. The third-order valence-corrected chi connectivity index (χ3v) is 4.14. The van der Waals surface area contributed by atoms with Gasteiger partial charge in [-0.05, 0) is 39.2 Å². The van der Waals surface area contributed by atoms with Gasteiger partial charge in [-0.1, -0.05) is 24.3 Å². The molecule has 0 aliphatic carbocycles. The number of para-hydroxylation sites is 1. The Morgan fingerprint density at radius 2 is 2.17 bits per heavy atom. The maximum absolute atomic E-state index is 10.5. The Morgan fingerprint density at radius 3 is 2.88 bits per heavy atom. The van der Waals surface area contributed by atoms with Crippen LogP contribution in [0.1, 0.15) is 44.8 Å². The zero-order chi connectivity index (χ0) is 17.6. The minimum absolute atomic E-state index is 0.103. The number of carboxylic acid groups (broad SMARTS) is 1. The van der Waals surface area contributed by atoms with Crippen LogP contribution in [0.3, 0.4) is 0 Å². The monoisotopic (exact) mass is 334 g/mol. The van der Waals surface area contributed by atoms with Gasteiger partial charge in [-0.15, -0.1) is 0 Å². The molecule has 1 aliphatic heterocycles. The molecule has 1 aromatic carbocycles. The second kappa shape index (κ2) is 8.31. The summed E-state index contributed by atoms with van der Waals surface area (Å²) in [5.41, 5.74) is 1.03. The van der Waals surface area contributed by atoms with Gasteiger partial charge >= 0.3 is 5.97 Å². The van der Waals surface area contributed by atoms with Crippen molar-refractivity contribution in [1.82, 2.24) is 0 Å². The number of rotatable bonds is 7. The van der Waals surface area contributed by atoms with Crippen molar-refractivity contribution in [2.75, 3.05) is 13.7 Å². The lowest BCUT2D eigenvalue weighted by Crippen LogP contribution is -2.41. The van der Waals surface area contributed by atoms with Crippen LogP contribution in [0.15, 0.2) is 36.4 Å². The number of ether oxygens (including phenoxy) is 3. The zero-order valence-electron chi connectivity index (χ0n) is 14.5. The Morgan fingerprint density at radius 1 is 1.42 bits per heavy atom. The first-order valence-corrected chi connectivity index (χ1v) is 8.27. The van der Waals surface area contributed by atoms with Crippen LogP contribution in [0, 0.1) is 5.92 Å². The number of aliphatic carboxylic acids is 1. The predicted molar refractivity (Wildman–Crippen MR) is 91.0 cm³/mol. The number of hydrogen-bond acceptors (Lipinski definition) is 4. The zero-order valence-corrected chi connectivity index (χ0v) is 14.5. The highest BCUT2D eigenvalue weighted by Crippen LogP contribution is 2.42. The van der Waals surface area contributed by atoms with Crippen molar-refractivity contribution >= 4 is 5.97 Å². The number of allylic oxidation sites excluding steroid dienone is 1. The molecule has 24 heavy (non-hydrogen) atoms. The van der Waals surface area contributed by atoms with E-state index in [1.54, 1.807) is 13.2 Å². The van der Waals surface area contributed by atoms with E-state index in [0.29, 0.717) is 6.61 Å². The van der Waals surface area contributed by atoms with E-state index >= 15 is 0 Å². The summed E-state index contributed by atoms with van der Waals surface area (Å²) in [6.45, 7) is 4.45. The number of methoxy groups -OCH3 is 1. The van der Waals surface area contributed by atoms with Gasteiger partial charge in [0.2, 0.25) is 0 Å². The first-order valence-electron chi connectivity index (χ1n) is 8.27. The van der Waals surface area contributed by atoms with Crippen LogP contribution in [-0.4, -0.2) is 30.6 Å². The van der Waals surface area contributed by atoms with Crippen molar-refractivity contribution in [1.29, 1.82) is 0 Å². The van der Waals surface area contributed by atoms with E-state index in [9.17, 15) is 4.79 Å². The lowest BCUT2D eigenvalue weighted by atomic mass is 9.89. The molecule has 2 rings (SSSR count). The number of carbonyl (C=O) groups is 1. The minimum atomic E-state index is -0.909. The summed E-state index contributed by atoms with van der Waals surface area (Å²) >= 11 is 0. The van der Waals surface area contributed by atoms with Gasteiger partial charge in [0.25, 0.3) is 0 Å². The standard InChI is InChI=1S/C19H26O5/c1-19(2)23-13-14(9-5-4-6-12-17(20)21)18(24-19)15-10-7-8-11-16(15)22-3/h6-8,10-12,14,18H,4-5,9,13H2,1-3H3,(H,20,21)/t14-,18+/m1/s1. The Bertz CT molecular complexity index is 579. The summed E-state index contributed by atoms with van der Waals surface area (Å²) in [7, 11) is 1.66. The molecule has 0 saturated carbocycles. The van der Waals surface area contributed by atoms with Crippen LogP contribution in [0.25, 0.3) is 0 Å². The predicted octanol–water partition coefficient (Wildman–Crippen LogP) is 3.95. The van der Waals surface area contributed by atoms with E-state index in [1.807, 2.05) is 38.1 Å². The second-order valence-corrected chi connectivity index (χ2v) is 6.42. The summed E-state index contributed by atoms with van der Waals surface area (Å²) in [5, 5.41) is 8.63. The van der Waals surface area contributed by atoms with Gasteiger partial charge in [0.1, 0.15) is 5.75 Å². The van der Waals surface area contributed by atoms with Gasteiger partial charge in [0.15, 0.2) is 5.79 Å². The normalized spacial score (nSPS) is 23.3. The van der Waals surface area contributed by atoms with Gasteiger partial charge < -0.3 is 19.3 Å². The molecule has 1 heterocycles. The lowest BCUT2D eigenvalue weighted by molar-refractivity contribution is -0.296. The van der Waals surface area contributed by atoms with E-state index in [-0.39, 0.29) is 12.0 Å². The molecule has 1 N–H and O–H groups in total. The van der Waals surface area contributed by atoms with Crippen molar-refractivity contribution in [3.8, 4) is 5.75 Å². The average Bonchev–Trinajstić information content (AvgIpc) is 2.55. The van der Waals surface area contributed by atoms with Gasteiger partial charge in [-0.3, -0.25) is 0 Å². The molecule has 0 radical (unpaired) electrons. The molecule has 2 atom stereocenters. The van der Waals surface area contributed by atoms with Crippen LogP contribution in [0.5, 0.6) is 5.75 Å². The van der Waals surface area contributed by atoms with Crippen molar-refractivity contribution < 1.29 is 24.1 Å². The van der Waals surface area contributed by atoms with Crippen molar-refractivity contribution in [3.63, 3.8) is 0 Å². The smallest absolute Gasteiger partial charge is 0.327 e. The molecular formula is C19H26O5. The summed E-state index contributed by atoms with van der Waals surface area (Å²) < 4.78 is 17.5. The second-order valence-electron chi connectivity index (χ2n) is 6.42. The molecule has 1 saturated heterocycles. The van der Waals surface area contributed by atoms with E-state index in [0.717, 1.165) is 30.6 Å². The SMILES string of the molecule is COc1ccccc1[C@H]1OC(C)(C)OC[C@H]1CCCC=CC(=O)O. The number of unbranched alkanes of at least 4 members (excludes halogenated alkanes) is 1. The highest BCUT2D eigenvalue weighted by atomic mass is 16.7. The molecular weight excluding hydrogens is 308 g/mol. The molecule has 5 heteroatoms. The summed E-state index contributed by atoms with van der Waals surface area (Å²) in [5.74, 6) is -0.526. The molecule has 0 aromatic heterocycles. The molecule has 1 fully saturated rings. The molecule has 0 bridgehead atoms. The fraction of sp³-hybridized carbons (Fsp3) is 0.526. The molecule has 132 valence electrons. The van der Waals surface area contributed by atoms with Crippen LogP contribution < -0.4 is 4.74 Å². The summed E-state index contributed by atoms with van der Waals surface area (Å²) in [6, 6.07) is 7.89. The van der Waals surface area contributed by atoms with Crippen LogP contribution in [-0.2, 0) is 14.3 Å². The first kappa shape index (κ1) is 18.5. The van der Waals surface area contributed by atoms with Crippen LogP contribution in [0.2, 0.25) is 0 Å². The van der Waals surface area contributed by atoms with Gasteiger partial charge in [-0.25, -0.2) is 4.79 Å². The Hall–Kier alpha value is -1.85. The van der Waals surface area contributed by atoms with Gasteiger partial charge in [0.05, 0.1) is 19.8 Å². The number of hydrogen-bond donors (Lipinski definition) is 1. The molecule has 1 aliphatic rings.